The van der Waals surface area contributed by atoms with Gasteiger partial charge in [0, 0.05) is 12.3 Å². The van der Waals surface area contributed by atoms with Crippen molar-refractivity contribution in [2.75, 3.05) is 18.8 Å². The molecule has 1 aliphatic rings. The molecule has 1 fully saturated rings. The number of aromatic hydroxyl groups is 1. The predicted octanol–water partition coefficient (Wildman–Crippen LogP) is -1.13. The molecule has 6 N–H and O–H groups in total. The summed E-state index contributed by atoms with van der Waals surface area (Å²) in [5, 5.41) is 23.2. The number of benzene rings is 1. The van der Waals surface area contributed by atoms with Crippen LogP contribution in [-0.4, -0.2) is 75.8 Å². The number of likely N-dealkylation sites (tertiary alicyclic amines) is 1. The van der Waals surface area contributed by atoms with E-state index in [1.165, 1.54) is 17.0 Å². The normalized spacial score (nSPS) is 17.8. The summed E-state index contributed by atoms with van der Waals surface area (Å²) in [6.45, 7) is 0.0196. The monoisotopic (exact) mass is 438 g/mol. The van der Waals surface area contributed by atoms with Gasteiger partial charge in [-0.05, 0) is 37.0 Å². The topological polar surface area (TPSA) is 162 Å². The van der Waals surface area contributed by atoms with Gasteiger partial charge in [0.15, 0.2) is 0 Å². The molecule has 0 aliphatic carbocycles. The highest BCUT2D eigenvalue weighted by Gasteiger charge is 2.35. The standard InChI is InChI=1S/C19H26N4O6S/c20-13(8-11-3-5-12(24)6-4-11)17(26)21-9-16(25)23-7-1-2-15(23)18(27)22-14(10-30)19(28)29/h3-6,13-15,24,30H,1-2,7-10,20H2,(H,21,26)(H,22,27)(H,28,29). The van der Waals surface area contributed by atoms with E-state index in [1.807, 2.05) is 0 Å². The average molecular weight is 439 g/mol. The third kappa shape index (κ3) is 6.36. The third-order valence-corrected chi connectivity index (χ3v) is 5.18. The quantitative estimate of drug-likeness (QED) is 0.266. The minimum atomic E-state index is -1.20. The fourth-order valence-corrected chi connectivity index (χ4v) is 3.41. The molecule has 10 nitrogen and oxygen atoms in total. The van der Waals surface area contributed by atoms with Gasteiger partial charge in [-0.2, -0.15) is 12.6 Å². The molecule has 0 bridgehead atoms. The van der Waals surface area contributed by atoms with Gasteiger partial charge in [-0.25, -0.2) is 4.79 Å². The Balaban J connectivity index is 1.86. The van der Waals surface area contributed by atoms with Crippen molar-refractivity contribution in [3.8, 4) is 5.75 Å². The highest BCUT2D eigenvalue weighted by Crippen LogP contribution is 2.18. The van der Waals surface area contributed by atoms with Crippen LogP contribution < -0.4 is 16.4 Å². The molecule has 164 valence electrons. The minimum Gasteiger partial charge on any atom is -0.508 e. The Bertz CT molecular complexity index is 788. The van der Waals surface area contributed by atoms with Gasteiger partial charge >= 0.3 is 5.97 Å². The fraction of sp³-hybridized carbons (Fsp3) is 0.474. The SMILES string of the molecule is NC(Cc1ccc(O)cc1)C(=O)NCC(=O)N1CCCC1C(=O)NC(CS)C(=O)O. The molecule has 3 unspecified atom stereocenters. The molecule has 1 aliphatic heterocycles. The number of thiol groups is 1. The van der Waals surface area contributed by atoms with Crippen molar-refractivity contribution in [3.05, 3.63) is 29.8 Å². The van der Waals surface area contributed by atoms with Gasteiger partial charge in [0.25, 0.3) is 0 Å². The number of phenolic OH excluding ortho intramolecular Hbond substituents is 1. The summed E-state index contributed by atoms with van der Waals surface area (Å²) >= 11 is 3.90. The molecule has 0 saturated carbocycles. The van der Waals surface area contributed by atoms with Crippen molar-refractivity contribution in [1.82, 2.24) is 15.5 Å². The Morgan fingerprint density at radius 1 is 1.23 bits per heavy atom. The number of carbonyl (C=O) groups excluding carboxylic acids is 3. The van der Waals surface area contributed by atoms with Gasteiger partial charge in [0.2, 0.25) is 17.7 Å². The van der Waals surface area contributed by atoms with Crippen LogP contribution in [-0.2, 0) is 25.6 Å². The number of carboxylic acids is 1. The fourth-order valence-electron chi connectivity index (χ4n) is 3.17. The molecule has 1 aromatic rings. The van der Waals surface area contributed by atoms with Crippen molar-refractivity contribution < 1.29 is 29.4 Å². The zero-order valence-corrected chi connectivity index (χ0v) is 17.2. The zero-order chi connectivity index (χ0) is 22.3. The lowest BCUT2D eigenvalue weighted by atomic mass is 10.1. The molecular formula is C19H26N4O6S. The van der Waals surface area contributed by atoms with Gasteiger partial charge in [0.1, 0.15) is 17.8 Å². The number of phenols is 1. The molecule has 30 heavy (non-hydrogen) atoms. The number of rotatable bonds is 9. The molecule has 3 atom stereocenters. The van der Waals surface area contributed by atoms with Gasteiger partial charge in [-0.3, -0.25) is 14.4 Å². The number of carboxylic acid groups (broad SMARTS) is 1. The summed E-state index contributed by atoms with van der Waals surface area (Å²) in [5.41, 5.74) is 6.63. The van der Waals surface area contributed by atoms with Gasteiger partial charge in [-0.1, -0.05) is 12.1 Å². The number of nitrogens with zero attached hydrogens (tertiary/aromatic N) is 1. The smallest absolute Gasteiger partial charge is 0.327 e. The number of hydrogen-bond acceptors (Lipinski definition) is 7. The van der Waals surface area contributed by atoms with E-state index >= 15 is 0 Å². The second-order valence-electron chi connectivity index (χ2n) is 7.02. The van der Waals surface area contributed by atoms with Crippen molar-refractivity contribution in [1.29, 1.82) is 0 Å². The van der Waals surface area contributed by atoms with Crippen molar-refractivity contribution >= 4 is 36.3 Å². The van der Waals surface area contributed by atoms with Crippen LogP contribution in [0.5, 0.6) is 5.75 Å². The van der Waals surface area contributed by atoms with Crippen LogP contribution in [0.3, 0.4) is 0 Å². The Kier molecular flexibility index (Phi) is 8.48. The number of nitrogens with two attached hydrogens (primary N) is 1. The van der Waals surface area contributed by atoms with E-state index in [-0.39, 0.29) is 24.5 Å². The zero-order valence-electron chi connectivity index (χ0n) is 16.3. The van der Waals surface area contributed by atoms with E-state index in [0.29, 0.717) is 19.4 Å². The second kappa shape index (κ2) is 10.8. The Labute approximate surface area is 179 Å². The Hall–Kier alpha value is -2.79. The van der Waals surface area contributed by atoms with E-state index < -0.39 is 41.8 Å². The lowest BCUT2D eigenvalue weighted by molar-refractivity contribution is -0.143. The molecule has 1 heterocycles. The minimum absolute atomic E-state index is 0.0727. The van der Waals surface area contributed by atoms with E-state index in [4.69, 9.17) is 10.8 Å². The summed E-state index contributed by atoms with van der Waals surface area (Å²) in [6, 6.07) is 3.46. The molecule has 11 heteroatoms. The molecule has 0 radical (unpaired) electrons. The van der Waals surface area contributed by atoms with Gasteiger partial charge < -0.3 is 31.5 Å². The number of aliphatic carboxylic acids is 1. The van der Waals surface area contributed by atoms with Gasteiger partial charge in [0.05, 0.1) is 12.6 Å². The molecule has 1 saturated heterocycles. The molecule has 3 amide bonds. The van der Waals surface area contributed by atoms with Crippen LogP contribution in [0.4, 0.5) is 0 Å². The van der Waals surface area contributed by atoms with Crippen LogP contribution in [0.1, 0.15) is 18.4 Å². The largest absolute Gasteiger partial charge is 0.508 e. The molecule has 2 rings (SSSR count). The molecule has 0 spiro atoms. The first kappa shape index (κ1) is 23.5. The first-order valence-electron chi connectivity index (χ1n) is 9.47. The van der Waals surface area contributed by atoms with Crippen molar-refractivity contribution in [2.24, 2.45) is 5.73 Å². The molecule has 1 aromatic carbocycles. The Morgan fingerprint density at radius 2 is 1.90 bits per heavy atom. The van der Waals surface area contributed by atoms with Crippen molar-refractivity contribution in [3.63, 3.8) is 0 Å². The third-order valence-electron chi connectivity index (χ3n) is 4.82. The van der Waals surface area contributed by atoms with Gasteiger partial charge in [-0.15, -0.1) is 0 Å². The summed E-state index contributed by atoms with van der Waals surface area (Å²) in [4.78, 5) is 49.5. The van der Waals surface area contributed by atoms with Crippen LogP contribution in [0.15, 0.2) is 24.3 Å². The number of carbonyl (C=O) groups is 4. The van der Waals surface area contributed by atoms with Crippen molar-refractivity contribution in [2.45, 2.75) is 37.4 Å². The number of amides is 3. The number of nitrogens with one attached hydrogen (secondary N) is 2. The summed E-state index contributed by atoms with van der Waals surface area (Å²) in [5.74, 6) is -2.69. The van der Waals surface area contributed by atoms with Crippen LogP contribution in [0, 0.1) is 0 Å². The molecular weight excluding hydrogens is 412 g/mol. The van der Waals surface area contributed by atoms with Crippen LogP contribution in [0.2, 0.25) is 0 Å². The second-order valence-corrected chi connectivity index (χ2v) is 7.39. The summed E-state index contributed by atoms with van der Waals surface area (Å²) in [6.07, 6.45) is 1.23. The summed E-state index contributed by atoms with van der Waals surface area (Å²) in [7, 11) is 0. The van der Waals surface area contributed by atoms with Crippen LogP contribution >= 0.6 is 12.6 Å². The first-order valence-corrected chi connectivity index (χ1v) is 10.1. The lowest BCUT2D eigenvalue weighted by Crippen LogP contribution is -2.53. The number of hydrogen-bond donors (Lipinski definition) is 6. The Morgan fingerprint density at radius 3 is 2.50 bits per heavy atom. The molecule has 0 aromatic heterocycles. The lowest BCUT2D eigenvalue weighted by Gasteiger charge is -2.25. The van der Waals surface area contributed by atoms with E-state index in [9.17, 15) is 24.3 Å². The first-order chi connectivity index (χ1) is 14.2. The highest BCUT2D eigenvalue weighted by molar-refractivity contribution is 7.80. The maximum atomic E-state index is 12.5. The van der Waals surface area contributed by atoms with E-state index in [2.05, 4.69) is 23.3 Å². The highest BCUT2D eigenvalue weighted by atomic mass is 32.1. The predicted molar refractivity (Wildman–Crippen MR) is 111 cm³/mol. The summed E-state index contributed by atoms with van der Waals surface area (Å²) < 4.78 is 0. The maximum absolute atomic E-state index is 12.5. The van der Waals surface area contributed by atoms with E-state index in [0.717, 1.165) is 5.56 Å². The van der Waals surface area contributed by atoms with E-state index in [1.54, 1.807) is 12.1 Å². The average Bonchev–Trinajstić information content (AvgIpc) is 3.21. The maximum Gasteiger partial charge on any atom is 0.327 e. The van der Waals surface area contributed by atoms with Crippen LogP contribution in [0.25, 0.3) is 0 Å².